The molecule has 4 aliphatic heterocycles. The Hall–Kier alpha value is -2.02. The highest BCUT2D eigenvalue weighted by molar-refractivity contribution is 9.10. The van der Waals surface area contributed by atoms with E-state index in [9.17, 15) is 28.5 Å². The molecular weight excluding hydrogens is 616 g/mol. The maximum Gasteiger partial charge on any atom is 0.367 e. The average Bonchev–Trinajstić information content (AvgIpc) is 3.02. The van der Waals surface area contributed by atoms with Crippen LogP contribution >= 0.6 is 15.9 Å². The molecule has 5 unspecified atom stereocenters. The number of aliphatic hydroxyl groups excluding tert-OH is 1. The van der Waals surface area contributed by atoms with Gasteiger partial charge in [0.05, 0.1) is 15.1 Å². The van der Waals surface area contributed by atoms with Gasteiger partial charge in [0.15, 0.2) is 15.4 Å². The van der Waals surface area contributed by atoms with Gasteiger partial charge < -0.3 is 24.8 Å². The van der Waals surface area contributed by atoms with Gasteiger partial charge in [-0.3, -0.25) is 4.74 Å². The van der Waals surface area contributed by atoms with Gasteiger partial charge in [-0.25, -0.2) is 13.2 Å². The van der Waals surface area contributed by atoms with Crippen molar-refractivity contribution < 1.29 is 42.7 Å². The smallest absolute Gasteiger partial charge is 0.367 e. The molecule has 41 heavy (non-hydrogen) atoms. The lowest BCUT2D eigenvalue weighted by Crippen LogP contribution is -2.91. The van der Waals surface area contributed by atoms with Crippen molar-refractivity contribution in [1.82, 2.24) is 0 Å². The Labute approximate surface area is 248 Å². The number of carbonyl (C=O) groups is 1. The molecule has 2 aromatic carbocycles. The van der Waals surface area contributed by atoms with E-state index in [1.165, 1.54) is 19.9 Å². The van der Waals surface area contributed by atoms with Gasteiger partial charge >= 0.3 is 11.8 Å². The van der Waals surface area contributed by atoms with Crippen molar-refractivity contribution in [3.63, 3.8) is 0 Å². The predicted molar refractivity (Wildman–Crippen MR) is 153 cm³/mol. The molecule has 6 rings (SSSR count). The molecule has 11 heteroatoms. The van der Waals surface area contributed by atoms with Crippen LogP contribution in [-0.4, -0.2) is 64.8 Å². The zero-order valence-corrected chi connectivity index (χ0v) is 26.0. The number of hydrogen-bond donors (Lipinski definition) is 3. The molecule has 4 aliphatic rings. The van der Waals surface area contributed by atoms with Gasteiger partial charge in [-0.1, -0.05) is 57.0 Å². The molecule has 0 amide bonds. The first-order chi connectivity index (χ1) is 19.2. The zero-order chi connectivity index (χ0) is 30.0. The van der Waals surface area contributed by atoms with Crippen LogP contribution in [0, 0.1) is 5.41 Å². The van der Waals surface area contributed by atoms with Gasteiger partial charge in [-0.15, -0.1) is 0 Å². The van der Waals surface area contributed by atoms with Gasteiger partial charge in [0, 0.05) is 12.0 Å². The number of fused-ring (bicyclic) bond motifs is 3. The van der Waals surface area contributed by atoms with Crippen LogP contribution in [0.15, 0.2) is 51.8 Å². The number of carboxylic acid groups (broad SMARTS) is 1. The molecule has 0 radical (unpaired) electrons. The number of aliphatic carboxylic acids is 1. The summed E-state index contributed by atoms with van der Waals surface area (Å²) in [5, 5.41) is 31.7. The van der Waals surface area contributed by atoms with Crippen molar-refractivity contribution >= 4 is 31.7 Å². The first-order valence-electron chi connectivity index (χ1n) is 14.0. The van der Waals surface area contributed by atoms with Crippen LogP contribution in [0.2, 0.25) is 0 Å². The normalized spacial score (nSPS) is 37.4. The number of unbranched alkanes of at least 4 members (excludes halogenated alkanes) is 1. The van der Waals surface area contributed by atoms with Crippen LogP contribution in [-0.2, 0) is 24.1 Å². The minimum absolute atomic E-state index is 0.00658. The fourth-order valence-corrected chi connectivity index (χ4v) is 9.39. The van der Waals surface area contributed by atoms with Gasteiger partial charge in [0.1, 0.15) is 17.5 Å². The third-order valence-electron chi connectivity index (χ3n) is 9.51. The van der Waals surface area contributed by atoms with Crippen LogP contribution < -0.4 is 4.74 Å². The molecule has 2 aromatic rings. The predicted octanol–water partition coefficient (Wildman–Crippen LogP) is 4.76. The number of ether oxygens (including phenoxy) is 3. The van der Waals surface area contributed by atoms with E-state index in [2.05, 4.69) is 29.8 Å². The number of sulfone groups is 1. The number of carboxylic acids is 1. The Bertz CT molecular complexity index is 1450. The summed E-state index contributed by atoms with van der Waals surface area (Å²) in [6.45, 7) is 6.75. The van der Waals surface area contributed by atoms with Crippen LogP contribution in [0.5, 0.6) is 5.75 Å². The largest absolute Gasteiger partial charge is 0.477 e. The number of benzene rings is 2. The first-order valence-corrected chi connectivity index (χ1v) is 16.4. The zero-order valence-electron chi connectivity index (χ0n) is 23.6. The summed E-state index contributed by atoms with van der Waals surface area (Å²) in [6.07, 6.45) is 0.919. The van der Waals surface area contributed by atoms with E-state index in [-0.39, 0.29) is 22.3 Å². The monoisotopic (exact) mass is 652 g/mol. The lowest BCUT2D eigenvalue weighted by molar-refractivity contribution is -0.537. The summed E-state index contributed by atoms with van der Waals surface area (Å²) >= 11 is 3.52. The third kappa shape index (κ3) is 4.55. The van der Waals surface area contributed by atoms with Crippen molar-refractivity contribution in [2.75, 3.05) is 5.75 Å². The lowest BCUT2D eigenvalue weighted by atomic mass is 9.66. The van der Waals surface area contributed by atoms with E-state index in [4.69, 9.17) is 14.2 Å². The number of halogens is 1. The Balaban J connectivity index is 1.59. The lowest BCUT2D eigenvalue weighted by Gasteiger charge is -2.67. The fourth-order valence-electron chi connectivity index (χ4n) is 6.67. The van der Waals surface area contributed by atoms with Crippen LogP contribution in [0.4, 0.5) is 0 Å². The van der Waals surface area contributed by atoms with Crippen molar-refractivity contribution in [3.05, 3.63) is 58.1 Å². The highest BCUT2D eigenvalue weighted by Gasteiger charge is 2.84. The number of hydrogen-bond acceptors (Lipinski definition) is 8. The average molecular weight is 654 g/mol. The van der Waals surface area contributed by atoms with E-state index in [1.807, 2.05) is 30.3 Å². The number of aliphatic hydroxyl groups is 2. The van der Waals surface area contributed by atoms with Gasteiger partial charge in [-0.05, 0) is 71.6 Å². The van der Waals surface area contributed by atoms with Crippen LogP contribution in [0.3, 0.4) is 0 Å². The highest BCUT2D eigenvalue weighted by atomic mass is 79.9. The minimum Gasteiger partial charge on any atom is -0.477 e. The summed E-state index contributed by atoms with van der Waals surface area (Å²) in [5.41, 5.74) is -2.50. The molecule has 0 aromatic heterocycles. The molecule has 0 spiro atoms. The standard InChI is InChI=1S/C30H37BrO9S/c1-5-7-13-29(6-2)16-20(18-11-9-8-10-12-18)19-14-21(31)22(15-23(19)41(36,37)17-29)38-25-24(32)27(3)28(4,35)30(39-25,40-27)26(33)34/h8-12,14-15,20,24-25,32,35H,5-7,13,16-17H2,1-4H3,(H,33,34)/t20-,24?,25?,27?,28?,29+,30?/m1/s1. The number of rotatable bonds is 8. The molecule has 0 aliphatic carbocycles. The first kappa shape index (κ1) is 30.4. The summed E-state index contributed by atoms with van der Waals surface area (Å²) in [6, 6.07) is 13.0. The molecular formula is C30H37BrO9S. The van der Waals surface area contributed by atoms with Gasteiger partial charge in [0.25, 0.3) is 0 Å². The summed E-state index contributed by atoms with van der Waals surface area (Å²) in [5.74, 6) is -4.15. The van der Waals surface area contributed by atoms with Gasteiger partial charge in [-0.2, -0.15) is 0 Å². The van der Waals surface area contributed by atoms with Crippen molar-refractivity contribution in [3.8, 4) is 5.75 Å². The second-order valence-electron chi connectivity index (χ2n) is 12.0. The van der Waals surface area contributed by atoms with E-state index in [1.54, 1.807) is 6.07 Å². The second-order valence-corrected chi connectivity index (χ2v) is 14.8. The minimum atomic E-state index is -3.78. The quantitative estimate of drug-likeness (QED) is 0.368. The van der Waals surface area contributed by atoms with Crippen molar-refractivity contribution in [2.24, 2.45) is 5.41 Å². The van der Waals surface area contributed by atoms with Crippen molar-refractivity contribution in [1.29, 1.82) is 0 Å². The molecule has 3 saturated heterocycles. The van der Waals surface area contributed by atoms with Crippen molar-refractivity contribution in [2.45, 2.75) is 100.0 Å². The molecule has 224 valence electrons. The SMILES string of the molecule is CCCC[C@@]1(CC)C[C@H](c2ccccc2)c2cc(Br)c(OC3OC4(C(=O)O)OC(C)(C3O)C4(C)O)cc2S(=O)(=O)C1. The van der Waals surface area contributed by atoms with E-state index < -0.39 is 50.6 Å². The Morgan fingerprint density at radius 1 is 1.17 bits per heavy atom. The van der Waals surface area contributed by atoms with E-state index in [0.29, 0.717) is 22.9 Å². The second kappa shape index (κ2) is 10.3. The Morgan fingerprint density at radius 3 is 2.44 bits per heavy atom. The molecule has 7 atom stereocenters. The van der Waals surface area contributed by atoms with Crippen LogP contribution in [0.25, 0.3) is 0 Å². The molecule has 3 fully saturated rings. The van der Waals surface area contributed by atoms with E-state index >= 15 is 0 Å². The molecule has 0 saturated carbocycles. The molecule has 4 heterocycles. The highest BCUT2D eigenvalue weighted by Crippen LogP contribution is 2.59. The third-order valence-corrected chi connectivity index (χ3v) is 12.1. The van der Waals surface area contributed by atoms with Gasteiger partial charge in [0.2, 0.25) is 6.29 Å². The Morgan fingerprint density at radius 2 is 1.85 bits per heavy atom. The maximum absolute atomic E-state index is 14.1. The topological polar surface area (TPSA) is 140 Å². The Kier molecular flexibility index (Phi) is 7.65. The fraction of sp³-hybridized carbons (Fsp3) is 0.567. The summed E-state index contributed by atoms with van der Waals surface area (Å²) in [7, 11) is -3.78. The summed E-state index contributed by atoms with van der Waals surface area (Å²) < 4.78 is 45.5. The maximum atomic E-state index is 14.1. The molecule has 3 N–H and O–H groups in total. The van der Waals surface area contributed by atoms with Crippen LogP contribution in [0.1, 0.15) is 76.8 Å². The molecule has 9 nitrogen and oxygen atoms in total. The molecule has 2 bridgehead atoms. The van der Waals surface area contributed by atoms with E-state index in [0.717, 1.165) is 24.8 Å². The summed E-state index contributed by atoms with van der Waals surface area (Å²) in [4.78, 5) is 12.2.